The summed E-state index contributed by atoms with van der Waals surface area (Å²) in [4.78, 5) is 10.1. The van der Waals surface area contributed by atoms with Gasteiger partial charge in [-0.25, -0.2) is 9.97 Å². The third-order valence-electron chi connectivity index (χ3n) is 3.52. The number of terminal acetylenes is 1. The summed E-state index contributed by atoms with van der Waals surface area (Å²) in [5.41, 5.74) is 8.16. The van der Waals surface area contributed by atoms with Gasteiger partial charge in [-0.2, -0.15) is 0 Å². The number of rotatable bonds is 4. The van der Waals surface area contributed by atoms with E-state index >= 15 is 0 Å². The predicted molar refractivity (Wildman–Crippen MR) is 101 cm³/mol. The lowest BCUT2D eigenvalue weighted by molar-refractivity contribution is 0.0751. The molecule has 0 spiro atoms. The van der Waals surface area contributed by atoms with Gasteiger partial charge in [-0.1, -0.05) is 26.0 Å². The van der Waals surface area contributed by atoms with Gasteiger partial charge in [0, 0.05) is 22.8 Å². The molecule has 2 aromatic rings. The average Bonchev–Trinajstić information content (AvgIpc) is 2.96. The molecule has 0 aliphatic carbocycles. The largest absolute Gasteiger partial charge is 0.438 e. The molecule has 0 saturated heterocycles. The molecule has 0 fully saturated rings. The predicted octanol–water partition coefficient (Wildman–Crippen LogP) is 3.13. The van der Waals surface area contributed by atoms with E-state index in [4.69, 9.17) is 16.9 Å². The first-order valence-electron chi connectivity index (χ1n) is 7.82. The SMILES string of the molecule is C#CC1=NN(C)C(c2nc(-c3ccc(SC(C)C)cc3)cnc2N)O1. The molecule has 25 heavy (non-hydrogen) atoms. The van der Waals surface area contributed by atoms with E-state index in [1.807, 2.05) is 23.9 Å². The van der Waals surface area contributed by atoms with Gasteiger partial charge >= 0.3 is 0 Å². The second-order valence-corrected chi connectivity index (χ2v) is 7.46. The van der Waals surface area contributed by atoms with Crippen molar-refractivity contribution in [2.24, 2.45) is 5.10 Å². The van der Waals surface area contributed by atoms with E-state index in [-0.39, 0.29) is 5.90 Å². The summed E-state index contributed by atoms with van der Waals surface area (Å²) >= 11 is 1.81. The first-order chi connectivity index (χ1) is 12.0. The molecule has 1 aromatic carbocycles. The Hall–Kier alpha value is -2.72. The molecule has 1 aliphatic rings. The van der Waals surface area contributed by atoms with Crippen LogP contribution in [0.4, 0.5) is 5.82 Å². The van der Waals surface area contributed by atoms with Crippen molar-refractivity contribution in [2.75, 3.05) is 12.8 Å². The number of hydrogen-bond acceptors (Lipinski definition) is 7. The second-order valence-electron chi connectivity index (χ2n) is 5.81. The highest BCUT2D eigenvalue weighted by Crippen LogP contribution is 2.31. The van der Waals surface area contributed by atoms with Gasteiger partial charge in [-0.15, -0.1) is 23.3 Å². The highest BCUT2D eigenvalue weighted by molar-refractivity contribution is 7.99. The number of aromatic nitrogens is 2. The van der Waals surface area contributed by atoms with Crippen LogP contribution in [-0.2, 0) is 4.74 Å². The van der Waals surface area contributed by atoms with Crippen LogP contribution in [0.5, 0.6) is 0 Å². The molecule has 1 atom stereocenters. The van der Waals surface area contributed by atoms with Gasteiger partial charge in [0.05, 0.1) is 11.9 Å². The first-order valence-corrected chi connectivity index (χ1v) is 8.70. The van der Waals surface area contributed by atoms with Crippen LogP contribution in [-0.4, -0.2) is 33.2 Å². The Bertz CT molecular complexity index is 842. The quantitative estimate of drug-likeness (QED) is 0.672. The second kappa shape index (κ2) is 7.03. The lowest BCUT2D eigenvalue weighted by Crippen LogP contribution is -2.19. The van der Waals surface area contributed by atoms with Crippen molar-refractivity contribution in [3.63, 3.8) is 0 Å². The monoisotopic (exact) mass is 353 g/mol. The molecule has 7 heteroatoms. The van der Waals surface area contributed by atoms with Crippen molar-refractivity contribution in [3.8, 4) is 23.6 Å². The Labute approximate surface area is 151 Å². The van der Waals surface area contributed by atoms with Crippen molar-refractivity contribution >= 4 is 23.5 Å². The maximum atomic E-state index is 5.99. The van der Waals surface area contributed by atoms with E-state index in [0.29, 0.717) is 16.8 Å². The molecule has 1 unspecified atom stereocenters. The van der Waals surface area contributed by atoms with Gasteiger partial charge in [0.25, 0.3) is 5.90 Å². The fourth-order valence-corrected chi connectivity index (χ4v) is 3.24. The highest BCUT2D eigenvalue weighted by Gasteiger charge is 2.30. The van der Waals surface area contributed by atoms with Gasteiger partial charge in [0.2, 0.25) is 6.23 Å². The summed E-state index contributed by atoms with van der Waals surface area (Å²) in [5, 5.41) is 6.23. The van der Waals surface area contributed by atoms with Gasteiger partial charge in [0.1, 0.15) is 5.69 Å². The number of ether oxygens (including phenoxy) is 1. The number of nitrogens with two attached hydrogens (primary N) is 1. The number of benzene rings is 1. The van der Waals surface area contributed by atoms with E-state index < -0.39 is 6.23 Å². The van der Waals surface area contributed by atoms with Crippen LogP contribution >= 0.6 is 11.8 Å². The smallest absolute Gasteiger partial charge is 0.287 e. The summed E-state index contributed by atoms with van der Waals surface area (Å²) in [7, 11) is 1.75. The van der Waals surface area contributed by atoms with Crippen LogP contribution in [0.25, 0.3) is 11.3 Å². The zero-order chi connectivity index (χ0) is 18.0. The third-order valence-corrected chi connectivity index (χ3v) is 4.54. The van der Waals surface area contributed by atoms with Gasteiger partial charge in [-0.05, 0) is 18.1 Å². The molecule has 0 saturated carbocycles. The average molecular weight is 353 g/mol. The Kier molecular flexibility index (Phi) is 4.81. The lowest BCUT2D eigenvalue weighted by atomic mass is 10.1. The van der Waals surface area contributed by atoms with Crippen LogP contribution in [0.1, 0.15) is 25.8 Å². The summed E-state index contributed by atoms with van der Waals surface area (Å²) in [5.74, 6) is 2.87. The van der Waals surface area contributed by atoms with E-state index in [9.17, 15) is 0 Å². The Morgan fingerprint density at radius 1 is 1.32 bits per heavy atom. The third kappa shape index (κ3) is 3.69. The normalized spacial score (nSPS) is 16.5. The highest BCUT2D eigenvalue weighted by atomic mass is 32.2. The number of thioether (sulfide) groups is 1. The molecular weight excluding hydrogens is 334 g/mol. The van der Waals surface area contributed by atoms with Crippen molar-refractivity contribution < 1.29 is 4.74 Å². The molecule has 2 N–H and O–H groups in total. The van der Waals surface area contributed by atoms with Crippen molar-refractivity contribution in [1.29, 1.82) is 0 Å². The van der Waals surface area contributed by atoms with E-state index in [0.717, 1.165) is 11.3 Å². The van der Waals surface area contributed by atoms with E-state index in [2.05, 4.69) is 47.0 Å². The maximum Gasteiger partial charge on any atom is 0.287 e. The fraction of sp³-hybridized carbons (Fsp3) is 0.278. The topological polar surface area (TPSA) is 76.6 Å². The zero-order valence-electron chi connectivity index (χ0n) is 14.3. The minimum Gasteiger partial charge on any atom is -0.438 e. The van der Waals surface area contributed by atoms with Crippen LogP contribution in [0.2, 0.25) is 0 Å². The fourth-order valence-electron chi connectivity index (χ4n) is 2.41. The lowest BCUT2D eigenvalue weighted by Gasteiger charge is -2.18. The molecule has 2 heterocycles. The summed E-state index contributed by atoms with van der Waals surface area (Å²) < 4.78 is 5.60. The number of nitrogens with zero attached hydrogens (tertiary/aromatic N) is 4. The van der Waals surface area contributed by atoms with Crippen LogP contribution in [0, 0.1) is 12.3 Å². The molecule has 3 rings (SSSR count). The van der Waals surface area contributed by atoms with Crippen LogP contribution in [0.15, 0.2) is 40.5 Å². The van der Waals surface area contributed by atoms with Crippen molar-refractivity contribution in [2.45, 2.75) is 30.2 Å². The number of hydrazone groups is 1. The molecular formula is C18H19N5OS. The Morgan fingerprint density at radius 2 is 2.04 bits per heavy atom. The van der Waals surface area contributed by atoms with Gasteiger partial charge < -0.3 is 10.5 Å². The van der Waals surface area contributed by atoms with Crippen molar-refractivity contribution in [3.05, 3.63) is 36.2 Å². The standard InChI is InChI=1S/C18H19N5OS/c1-5-15-22-23(4)18(24-15)16-17(19)20-10-14(21-16)12-6-8-13(9-7-12)25-11(2)3/h1,6-11,18H,2-4H3,(H2,19,20). The minimum absolute atomic E-state index is 0.203. The molecule has 6 nitrogen and oxygen atoms in total. The van der Waals surface area contributed by atoms with Crippen LogP contribution in [0.3, 0.4) is 0 Å². The Morgan fingerprint density at radius 3 is 2.64 bits per heavy atom. The van der Waals surface area contributed by atoms with Gasteiger partial charge in [0.15, 0.2) is 5.82 Å². The molecule has 0 bridgehead atoms. The summed E-state index contributed by atoms with van der Waals surface area (Å²) in [6, 6.07) is 8.21. The summed E-state index contributed by atoms with van der Waals surface area (Å²) in [6.45, 7) is 4.34. The Balaban J connectivity index is 1.88. The molecule has 1 aromatic heterocycles. The summed E-state index contributed by atoms with van der Waals surface area (Å²) in [6.07, 6.45) is 6.42. The zero-order valence-corrected chi connectivity index (χ0v) is 15.1. The molecule has 1 aliphatic heterocycles. The molecule has 0 amide bonds. The van der Waals surface area contributed by atoms with Crippen LogP contribution < -0.4 is 5.73 Å². The minimum atomic E-state index is -0.575. The molecule has 128 valence electrons. The number of anilines is 1. The number of hydrogen-bond donors (Lipinski definition) is 1. The first kappa shape index (κ1) is 17.1. The molecule has 0 radical (unpaired) electrons. The van der Waals surface area contributed by atoms with E-state index in [1.54, 1.807) is 18.3 Å². The number of nitrogen functional groups attached to an aromatic ring is 1. The van der Waals surface area contributed by atoms with E-state index in [1.165, 1.54) is 4.90 Å². The van der Waals surface area contributed by atoms with Crippen molar-refractivity contribution in [1.82, 2.24) is 15.0 Å². The maximum absolute atomic E-state index is 5.99. The van der Waals surface area contributed by atoms with Gasteiger partial charge in [-0.3, -0.25) is 5.01 Å².